The highest BCUT2D eigenvalue weighted by atomic mass is 35.5. The highest BCUT2D eigenvalue weighted by Gasteiger charge is 2.11. The number of nitrogens with one attached hydrogen (secondary N) is 3. The summed E-state index contributed by atoms with van der Waals surface area (Å²) >= 11 is 11.4. The predicted octanol–water partition coefficient (Wildman–Crippen LogP) is 5.99. The largest absolute Gasteiger partial charge is 0.358 e. The Hall–Kier alpha value is -2.89. The minimum atomic E-state index is 0.551. The smallest absolute Gasteiger partial charge is 0.171 e. The van der Waals surface area contributed by atoms with Crippen molar-refractivity contribution in [2.45, 2.75) is 20.4 Å². The molecule has 1 heterocycles. The zero-order valence-corrected chi connectivity index (χ0v) is 17.8. The number of thiocarbonyl (C=S) groups is 1. The third kappa shape index (κ3) is 4.42. The molecule has 0 bridgehead atoms. The van der Waals surface area contributed by atoms with Crippen LogP contribution in [-0.2, 0) is 6.54 Å². The van der Waals surface area contributed by atoms with Crippen molar-refractivity contribution in [3.05, 3.63) is 82.4 Å². The monoisotopic (exact) mass is 420 g/mol. The van der Waals surface area contributed by atoms with Crippen molar-refractivity contribution >= 4 is 45.7 Å². The second-order valence-electron chi connectivity index (χ2n) is 7.02. The zero-order chi connectivity index (χ0) is 20.4. The first-order valence-corrected chi connectivity index (χ1v) is 10.1. The number of H-pyrrole nitrogens is 1. The molecule has 1 aromatic heterocycles. The van der Waals surface area contributed by atoms with Gasteiger partial charge in [0.2, 0.25) is 0 Å². The van der Waals surface area contributed by atoms with Crippen LogP contribution in [0.1, 0.15) is 16.7 Å². The molecule has 0 aliphatic heterocycles. The van der Waals surface area contributed by atoms with Gasteiger partial charge in [-0.15, -0.1) is 0 Å². The van der Waals surface area contributed by atoms with Crippen LogP contribution in [0.2, 0.25) is 5.02 Å². The molecule has 3 aromatic carbocycles. The molecule has 29 heavy (non-hydrogen) atoms. The third-order valence-corrected chi connectivity index (χ3v) is 5.39. The molecule has 3 N–H and O–H groups in total. The van der Waals surface area contributed by atoms with Gasteiger partial charge in [-0.3, -0.25) is 0 Å². The second kappa shape index (κ2) is 8.23. The van der Waals surface area contributed by atoms with Crippen LogP contribution in [0, 0.1) is 13.8 Å². The SMILES string of the molecule is Cc1cc2nc(-c3ccccc3NC(=S)NCc3ccc(Cl)cc3)[nH]c2cc1C. The molecule has 0 aliphatic carbocycles. The molecule has 6 heteroatoms. The molecule has 4 nitrogen and oxygen atoms in total. The van der Waals surface area contributed by atoms with E-state index in [9.17, 15) is 0 Å². The maximum absolute atomic E-state index is 5.94. The van der Waals surface area contributed by atoms with E-state index in [0.29, 0.717) is 11.7 Å². The number of aromatic nitrogens is 2. The zero-order valence-electron chi connectivity index (χ0n) is 16.2. The van der Waals surface area contributed by atoms with Gasteiger partial charge in [0.15, 0.2) is 5.11 Å². The van der Waals surface area contributed by atoms with Crippen LogP contribution in [0.3, 0.4) is 0 Å². The van der Waals surface area contributed by atoms with E-state index in [1.165, 1.54) is 11.1 Å². The van der Waals surface area contributed by atoms with Crippen LogP contribution in [0.15, 0.2) is 60.7 Å². The number of hydrogen-bond acceptors (Lipinski definition) is 2. The van der Waals surface area contributed by atoms with Crippen LogP contribution in [0.25, 0.3) is 22.4 Å². The number of benzene rings is 3. The summed E-state index contributed by atoms with van der Waals surface area (Å²) in [5, 5.41) is 7.80. The Labute approximate surface area is 180 Å². The fraction of sp³-hybridized carbons (Fsp3) is 0.130. The van der Waals surface area contributed by atoms with Crippen LogP contribution in [0.5, 0.6) is 0 Å². The second-order valence-corrected chi connectivity index (χ2v) is 7.86. The van der Waals surface area contributed by atoms with Crippen molar-refractivity contribution in [3.8, 4) is 11.4 Å². The summed E-state index contributed by atoms with van der Waals surface area (Å²) < 4.78 is 0. The first-order valence-electron chi connectivity index (χ1n) is 9.35. The lowest BCUT2D eigenvalue weighted by Gasteiger charge is -2.13. The minimum absolute atomic E-state index is 0.551. The van der Waals surface area contributed by atoms with E-state index < -0.39 is 0 Å². The quantitative estimate of drug-likeness (QED) is 0.355. The van der Waals surface area contributed by atoms with Gasteiger partial charge >= 0.3 is 0 Å². The van der Waals surface area contributed by atoms with Gasteiger partial charge in [0, 0.05) is 17.1 Å². The van der Waals surface area contributed by atoms with Gasteiger partial charge in [-0.05, 0) is 79.2 Å². The number of imidazole rings is 1. The molecule has 146 valence electrons. The maximum atomic E-state index is 5.94. The summed E-state index contributed by atoms with van der Waals surface area (Å²) in [6.07, 6.45) is 0. The highest BCUT2D eigenvalue weighted by molar-refractivity contribution is 7.80. The van der Waals surface area contributed by atoms with E-state index in [-0.39, 0.29) is 0 Å². The van der Waals surface area contributed by atoms with Crippen LogP contribution < -0.4 is 10.6 Å². The van der Waals surface area contributed by atoms with E-state index in [0.717, 1.165) is 38.7 Å². The lowest BCUT2D eigenvalue weighted by molar-refractivity contribution is 0.926. The summed E-state index contributed by atoms with van der Waals surface area (Å²) in [5.74, 6) is 0.814. The van der Waals surface area contributed by atoms with Gasteiger partial charge in [0.05, 0.1) is 16.7 Å². The van der Waals surface area contributed by atoms with Crippen molar-refractivity contribution < 1.29 is 0 Å². The van der Waals surface area contributed by atoms with Crippen molar-refractivity contribution in [3.63, 3.8) is 0 Å². The number of aromatic amines is 1. The Bertz CT molecular complexity index is 1140. The number of hydrogen-bond donors (Lipinski definition) is 3. The minimum Gasteiger partial charge on any atom is -0.358 e. The average molecular weight is 421 g/mol. The fourth-order valence-corrected chi connectivity index (χ4v) is 3.45. The summed E-state index contributed by atoms with van der Waals surface area (Å²) in [5.41, 5.74) is 7.43. The van der Waals surface area contributed by atoms with Gasteiger partial charge in [-0.25, -0.2) is 4.98 Å². The molecule has 0 atom stereocenters. The molecular weight excluding hydrogens is 400 g/mol. The maximum Gasteiger partial charge on any atom is 0.171 e. The number of aryl methyl sites for hydroxylation is 2. The van der Waals surface area contributed by atoms with Gasteiger partial charge in [-0.1, -0.05) is 35.9 Å². The summed E-state index contributed by atoms with van der Waals surface area (Å²) in [6.45, 7) is 4.83. The normalized spacial score (nSPS) is 10.9. The first kappa shape index (κ1) is 19.4. The molecule has 0 amide bonds. The Morgan fingerprint density at radius 2 is 1.76 bits per heavy atom. The van der Waals surface area contributed by atoms with Crippen LogP contribution in [0.4, 0.5) is 5.69 Å². The molecular formula is C23H21ClN4S. The molecule has 0 fully saturated rings. The van der Waals surface area contributed by atoms with Crippen LogP contribution in [-0.4, -0.2) is 15.1 Å². The van der Waals surface area contributed by atoms with E-state index in [1.54, 1.807) is 0 Å². The topological polar surface area (TPSA) is 52.7 Å². The average Bonchev–Trinajstić information content (AvgIpc) is 3.11. The van der Waals surface area contributed by atoms with E-state index in [2.05, 4.69) is 41.6 Å². The highest BCUT2D eigenvalue weighted by Crippen LogP contribution is 2.28. The van der Waals surface area contributed by atoms with Crippen LogP contribution >= 0.6 is 23.8 Å². The van der Waals surface area contributed by atoms with Gasteiger partial charge in [0.25, 0.3) is 0 Å². The van der Waals surface area contributed by atoms with Gasteiger partial charge in [0.1, 0.15) is 5.82 Å². The number of para-hydroxylation sites is 1. The number of fused-ring (bicyclic) bond motifs is 1. The molecule has 0 radical (unpaired) electrons. The molecule has 0 saturated carbocycles. The number of nitrogens with zero attached hydrogens (tertiary/aromatic N) is 1. The Morgan fingerprint density at radius 1 is 1.03 bits per heavy atom. The lowest BCUT2D eigenvalue weighted by Crippen LogP contribution is -2.28. The fourth-order valence-electron chi connectivity index (χ4n) is 3.15. The number of rotatable bonds is 4. The van der Waals surface area contributed by atoms with E-state index >= 15 is 0 Å². The van der Waals surface area contributed by atoms with Gasteiger partial charge in [-0.2, -0.15) is 0 Å². The third-order valence-electron chi connectivity index (χ3n) is 4.89. The van der Waals surface area contributed by atoms with E-state index in [4.69, 9.17) is 28.8 Å². The molecule has 0 saturated heterocycles. The number of anilines is 1. The standard InChI is InChI=1S/C23H21ClN4S/c1-14-11-20-21(12-15(14)2)27-22(26-20)18-5-3-4-6-19(18)28-23(29)25-13-16-7-9-17(24)10-8-16/h3-12H,13H2,1-2H3,(H,26,27)(H2,25,28,29). The summed E-state index contributed by atoms with van der Waals surface area (Å²) in [6, 6.07) is 19.9. The van der Waals surface area contributed by atoms with Crippen molar-refractivity contribution in [2.75, 3.05) is 5.32 Å². The summed E-state index contributed by atoms with van der Waals surface area (Å²) in [4.78, 5) is 8.21. The molecule has 0 aliphatic rings. The van der Waals surface area contributed by atoms with Crippen molar-refractivity contribution in [1.29, 1.82) is 0 Å². The first-order chi connectivity index (χ1) is 14.0. The molecule has 0 unspecified atom stereocenters. The summed E-state index contributed by atoms with van der Waals surface area (Å²) in [7, 11) is 0. The molecule has 0 spiro atoms. The molecule has 4 rings (SSSR count). The Morgan fingerprint density at radius 3 is 2.55 bits per heavy atom. The number of halogens is 1. The van der Waals surface area contributed by atoms with Crippen molar-refractivity contribution in [2.24, 2.45) is 0 Å². The van der Waals surface area contributed by atoms with Gasteiger partial charge < -0.3 is 15.6 Å². The Balaban J connectivity index is 1.53. The lowest BCUT2D eigenvalue weighted by atomic mass is 10.1. The van der Waals surface area contributed by atoms with Crippen molar-refractivity contribution in [1.82, 2.24) is 15.3 Å². The Kier molecular flexibility index (Phi) is 5.51. The molecule has 4 aromatic rings. The predicted molar refractivity (Wildman–Crippen MR) is 126 cm³/mol. The van der Waals surface area contributed by atoms with E-state index in [1.807, 2.05) is 48.5 Å².